The molecule has 3 aromatic rings. The van der Waals surface area contributed by atoms with Crippen LogP contribution in [0.3, 0.4) is 0 Å². The number of nitrogens with zero attached hydrogens (tertiary/aromatic N) is 4. The molecule has 8 nitrogen and oxygen atoms in total. The highest BCUT2D eigenvalue weighted by Crippen LogP contribution is 2.43. The average Bonchev–Trinajstić information content (AvgIpc) is 3.26. The normalized spacial score (nSPS) is 18.9. The van der Waals surface area contributed by atoms with E-state index in [4.69, 9.17) is 26.2 Å². The molecule has 202 valence electrons. The number of aromatic nitrogens is 2. The van der Waals surface area contributed by atoms with Crippen LogP contribution in [-0.4, -0.2) is 59.3 Å². The maximum atomic E-state index is 12.5. The lowest BCUT2D eigenvalue weighted by Crippen LogP contribution is -2.46. The van der Waals surface area contributed by atoms with Gasteiger partial charge in [0.15, 0.2) is 0 Å². The Morgan fingerprint density at radius 3 is 2.26 bits per heavy atom. The first-order valence-electron chi connectivity index (χ1n) is 13.5. The Morgan fingerprint density at radius 1 is 0.872 bits per heavy atom. The summed E-state index contributed by atoms with van der Waals surface area (Å²) in [5.74, 6) is -2.60. The van der Waals surface area contributed by atoms with Gasteiger partial charge in [-0.1, -0.05) is 29.8 Å². The van der Waals surface area contributed by atoms with Gasteiger partial charge in [-0.2, -0.15) is 5.10 Å². The Labute approximate surface area is 232 Å². The van der Waals surface area contributed by atoms with Crippen LogP contribution in [0.25, 0.3) is 5.69 Å². The molecule has 1 fully saturated rings. The summed E-state index contributed by atoms with van der Waals surface area (Å²) in [6.45, 7) is 4.80. The summed E-state index contributed by atoms with van der Waals surface area (Å²) in [7, 11) is 0. The van der Waals surface area contributed by atoms with E-state index in [1.165, 1.54) is 5.69 Å². The quantitative estimate of drug-likeness (QED) is 0.423. The highest BCUT2D eigenvalue weighted by Gasteiger charge is 2.49. The van der Waals surface area contributed by atoms with E-state index in [9.17, 15) is 9.59 Å². The molecule has 6 rings (SSSR count). The lowest BCUT2D eigenvalue weighted by molar-refractivity contribution is -0.231. The summed E-state index contributed by atoms with van der Waals surface area (Å²) in [6.07, 6.45) is 5.73. The molecular formula is C30H31ClN4O4. The van der Waals surface area contributed by atoms with E-state index >= 15 is 0 Å². The van der Waals surface area contributed by atoms with Crippen molar-refractivity contribution in [2.75, 3.05) is 37.6 Å². The average molecular weight is 547 g/mol. The molecule has 0 bridgehead atoms. The molecular weight excluding hydrogens is 516 g/mol. The number of fused-ring (bicyclic) bond motifs is 2. The number of carbonyl (C=O) groups excluding carboxylic acids is 2. The van der Waals surface area contributed by atoms with Crippen LogP contribution in [0, 0.1) is 0 Å². The first-order chi connectivity index (χ1) is 19.0. The van der Waals surface area contributed by atoms with E-state index in [-0.39, 0.29) is 0 Å². The number of hydrogen-bond donors (Lipinski definition) is 0. The predicted molar refractivity (Wildman–Crippen MR) is 148 cm³/mol. The van der Waals surface area contributed by atoms with Gasteiger partial charge in [0.25, 0.3) is 5.79 Å². The number of carbonyl (C=O) groups is 2. The van der Waals surface area contributed by atoms with Gasteiger partial charge in [0.05, 0.1) is 22.6 Å². The molecule has 1 spiro atoms. The van der Waals surface area contributed by atoms with Crippen molar-refractivity contribution in [1.29, 1.82) is 0 Å². The number of ether oxygens (including phenoxy) is 2. The summed E-state index contributed by atoms with van der Waals surface area (Å²) in [6, 6.07) is 17.9. The molecule has 2 aromatic carbocycles. The number of anilines is 1. The maximum Gasteiger partial charge on any atom is 0.334 e. The minimum absolute atomic E-state index is 0.416. The highest BCUT2D eigenvalue weighted by atomic mass is 35.5. The van der Waals surface area contributed by atoms with Crippen LogP contribution in [0.5, 0.6) is 0 Å². The first kappa shape index (κ1) is 25.6. The van der Waals surface area contributed by atoms with E-state index in [1.54, 1.807) is 0 Å². The van der Waals surface area contributed by atoms with Crippen molar-refractivity contribution in [2.45, 2.75) is 37.9 Å². The Hall–Kier alpha value is -3.62. The fourth-order valence-electron chi connectivity index (χ4n) is 5.85. The third-order valence-electron chi connectivity index (χ3n) is 7.69. The second-order valence-electron chi connectivity index (χ2n) is 10.2. The van der Waals surface area contributed by atoms with Crippen molar-refractivity contribution in [3.63, 3.8) is 0 Å². The topological polar surface area (TPSA) is 76.9 Å². The zero-order valence-electron chi connectivity index (χ0n) is 21.7. The van der Waals surface area contributed by atoms with E-state index in [0.717, 1.165) is 85.4 Å². The van der Waals surface area contributed by atoms with Gasteiger partial charge in [0.1, 0.15) is 0 Å². The summed E-state index contributed by atoms with van der Waals surface area (Å²) in [4.78, 5) is 29.8. The van der Waals surface area contributed by atoms with Crippen LogP contribution < -0.4 is 4.90 Å². The Morgan fingerprint density at radius 2 is 1.56 bits per heavy atom. The van der Waals surface area contributed by atoms with Crippen molar-refractivity contribution >= 4 is 29.2 Å². The van der Waals surface area contributed by atoms with Crippen LogP contribution in [-0.2, 0) is 37.7 Å². The van der Waals surface area contributed by atoms with Gasteiger partial charge < -0.3 is 14.4 Å². The largest absolute Gasteiger partial charge is 0.415 e. The van der Waals surface area contributed by atoms with Crippen molar-refractivity contribution < 1.29 is 19.1 Å². The Kier molecular flexibility index (Phi) is 7.14. The van der Waals surface area contributed by atoms with Crippen LogP contribution in [0.15, 0.2) is 66.7 Å². The molecule has 1 aromatic heterocycles. The van der Waals surface area contributed by atoms with Gasteiger partial charge in [-0.05, 0) is 68.6 Å². The number of rotatable bonds is 6. The van der Waals surface area contributed by atoms with Gasteiger partial charge in [-0.15, -0.1) is 0 Å². The Balaban J connectivity index is 1.20. The SMILES string of the molecule is O=C1C=CC(=O)OC2(CCCc3c2c(CCCN2CCN(c4ccc(Cl)cc4)CC2)nn3-c2ccccc2)O1. The molecule has 3 aliphatic rings. The summed E-state index contributed by atoms with van der Waals surface area (Å²) < 4.78 is 13.6. The van der Waals surface area contributed by atoms with Gasteiger partial charge in [0.2, 0.25) is 0 Å². The highest BCUT2D eigenvalue weighted by molar-refractivity contribution is 6.30. The van der Waals surface area contributed by atoms with E-state index < -0.39 is 17.7 Å². The van der Waals surface area contributed by atoms with Gasteiger partial charge in [-0.25, -0.2) is 14.3 Å². The van der Waals surface area contributed by atoms with Gasteiger partial charge in [0, 0.05) is 55.5 Å². The molecule has 0 amide bonds. The van der Waals surface area contributed by atoms with Crippen LogP contribution in [0.4, 0.5) is 5.69 Å². The van der Waals surface area contributed by atoms with E-state index in [1.807, 2.05) is 47.1 Å². The number of esters is 2. The molecule has 0 N–H and O–H groups in total. The molecule has 0 unspecified atom stereocenters. The lowest BCUT2D eigenvalue weighted by atomic mass is 9.88. The first-order valence-corrected chi connectivity index (χ1v) is 13.9. The zero-order chi connectivity index (χ0) is 26.8. The summed E-state index contributed by atoms with van der Waals surface area (Å²) in [5, 5.41) is 5.76. The second kappa shape index (κ2) is 10.9. The smallest absolute Gasteiger partial charge is 0.334 e. The molecule has 1 aliphatic carbocycles. The van der Waals surface area contributed by atoms with Crippen molar-refractivity contribution in [3.05, 3.63) is 88.7 Å². The van der Waals surface area contributed by atoms with Crippen LogP contribution >= 0.6 is 11.6 Å². The predicted octanol–water partition coefficient (Wildman–Crippen LogP) is 4.43. The number of halogens is 1. The van der Waals surface area contributed by atoms with Crippen LogP contribution in [0.1, 0.15) is 36.2 Å². The van der Waals surface area contributed by atoms with Crippen molar-refractivity contribution in [1.82, 2.24) is 14.7 Å². The fraction of sp³-hybridized carbons (Fsp3) is 0.367. The maximum absolute atomic E-state index is 12.5. The number of aryl methyl sites for hydroxylation is 1. The molecule has 0 saturated carbocycles. The summed E-state index contributed by atoms with van der Waals surface area (Å²) in [5.41, 5.74) is 4.61. The van der Waals surface area contributed by atoms with E-state index in [2.05, 4.69) is 21.9 Å². The van der Waals surface area contributed by atoms with Gasteiger partial charge in [-0.3, -0.25) is 4.90 Å². The van der Waals surface area contributed by atoms with Crippen LogP contribution in [0.2, 0.25) is 5.02 Å². The van der Waals surface area contributed by atoms with Gasteiger partial charge >= 0.3 is 11.9 Å². The molecule has 9 heteroatoms. The number of benzene rings is 2. The molecule has 2 aliphatic heterocycles. The second-order valence-corrected chi connectivity index (χ2v) is 10.6. The fourth-order valence-corrected chi connectivity index (χ4v) is 5.98. The molecule has 1 saturated heterocycles. The number of para-hydroxylation sites is 1. The van der Waals surface area contributed by atoms with Crippen molar-refractivity contribution in [3.8, 4) is 5.69 Å². The monoisotopic (exact) mass is 546 g/mol. The van der Waals surface area contributed by atoms with E-state index in [0.29, 0.717) is 19.3 Å². The standard InChI is InChI=1S/C30H31ClN4O4/c31-22-10-12-23(13-11-22)34-20-18-33(19-21-34)17-5-8-25-29-26(35(32-25)24-6-2-1-3-7-24)9-4-16-30(29)38-27(36)14-15-28(37)39-30/h1-3,6-7,10-15H,4-5,8-9,16-21H2. The molecule has 0 radical (unpaired) electrons. The summed E-state index contributed by atoms with van der Waals surface area (Å²) >= 11 is 6.05. The molecule has 0 atom stereocenters. The number of hydrogen-bond acceptors (Lipinski definition) is 7. The minimum Gasteiger partial charge on any atom is -0.415 e. The number of piperazine rings is 1. The molecule has 3 heterocycles. The minimum atomic E-state index is -1.45. The zero-order valence-corrected chi connectivity index (χ0v) is 22.5. The molecule has 39 heavy (non-hydrogen) atoms. The van der Waals surface area contributed by atoms with Crippen molar-refractivity contribution in [2.24, 2.45) is 0 Å². The Bertz CT molecular complexity index is 1360. The lowest BCUT2D eigenvalue weighted by Gasteiger charge is -2.36. The third-order valence-corrected chi connectivity index (χ3v) is 7.95. The third kappa shape index (κ3) is 5.31.